The third-order valence-corrected chi connectivity index (χ3v) is 3.62. The number of hydrogen-bond acceptors (Lipinski definition) is 4. The smallest absolute Gasteiger partial charge is 0.344 e. The molecule has 4 nitrogen and oxygen atoms in total. The Morgan fingerprint density at radius 3 is 2.46 bits per heavy atom. The van der Waals surface area contributed by atoms with Crippen LogP contribution in [0, 0.1) is 17.7 Å². The summed E-state index contributed by atoms with van der Waals surface area (Å²) in [5.41, 5.74) is 0.791. The molecule has 0 unspecified atom stereocenters. The number of halogens is 2. The molecule has 2 aromatic carbocycles. The lowest BCUT2D eigenvalue weighted by atomic mass is 10.1. The molecule has 0 atom stereocenters. The maximum absolute atomic E-state index is 14.2. The van der Waals surface area contributed by atoms with Crippen LogP contribution in [-0.4, -0.2) is 25.3 Å². The normalized spacial score (nSPS) is 10.8. The number of carbonyl (C=O) groups is 1. The Hall–Kier alpha value is -2.55. The molecule has 2 aromatic rings. The summed E-state index contributed by atoms with van der Waals surface area (Å²) in [7, 11) is 1.55. The third-order valence-electron chi connectivity index (χ3n) is 3.38. The fourth-order valence-electron chi connectivity index (χ4n) is 2.28. The summed E-state index contributed by atoms with van der Waals surface area (Å²) in [5.74, 6) is 5.04. The molecule has 0 aliphatic rings. The summed E-state index contributed by atoms with van der Waals surface area (Å²) in [5, 5.41) is 0.449. The number of esters is 1. The standard InChI is InChI=1S/C22H22ClFO4/c1-22(2,3)28-21(25)14-27-20-10-9-18(23)12-17(20)8-7-16-6-5-15(13-26-4)11-19(16)24/h5-6,9-12H,13-14H2,1-4H3. The predicted octanol–water partition coefficient (Wildman–Crippen LogP) is 4.75. The Labute approximate surface area is 169 Å². The van der Waals surface area contributed by atoms with Crippen LogP contribution in [-0.2, 0) is 20.9 Å². The van der Waals surface area contributed by atoms with Crippen molar-refractivity contribution >= 4 is 17.6 Å². The number of carbonyl (C=O) groups excluding carboxylic acids is 1. The number of ether oxygens (including phenoxy) is 3. The average molecular weight is 405 g/mol. The van der Waals surface area contributed by atoms with Crippen molar-refractivity contribution in [3.8, 4) is 17.6 Å². The lowest BCUT2D eigenvalue weighted by Crippen LogP contribution is -2.27. The summed E-state index contributed by atoms with van der Waals surface area (Å²) < 4.78 is 29.9. The number of rotatable bonds is 5. The highest BCUT2D eigenvalue weighted by Gasteiger charge is 2.17. The van der Waals surface area contributed by atoms with E-state index in [1.54, 1.807) is 58.2 Å². The second-order valence-electron chi connectivity index (χ2n) is 7.01. The van der Waals surface area contributed by atoms with E-state index in [0.29, 0.717) is 22.9 Å². The molecule has 28 heavy (non-hydrogen) atoms. The molecule has 0 N–H and O–H groups in total. The van der Waals surface area contributed by atoms with Crippen molar-refractivity contribution in [1.82, 2.24) is 0 Å². The van der Waals surface area contributed by atoms with Crippen LogP contribution >= 0.6 is 11.6 Å². The van der Waals surface area contributed by atoms with Crippen molar-refractivity contribution in [2.75, 3.05) is 13.7 Å². The first kappa shape index (κ1) is 21.7. The molecule has 0 heterocycles. The minimum atomic E-state index is -0.602. The average Bonchev–Trinajstić information content (AvgIpc) is 2.59. The molecule has 0 radical (unpaired) electrons. The molecule has 0 spiro atoms. The van der Waals surface area contributed by atoms with Crippen molar-refractivity contribution in [3.63, 3.8) is 0 Å². The van der Waals surface area contributed by atoms with Crippen molar-refractivity contribution in [2.45, 2.75) is 33.0 Å². The Morgan fingerprint density at radius 1 is 1.11 bits per heavy atom. The summed E-state index contributed by atoms with van der Waals surface area (Å²) in [6, 6.07) is 9.53. The van der Waals surface area contributed by atoms with Gasteiger partial charge in [-0.1, -0.05) is 29.5 Å². The zero-order chi connectivity index (χ0) is 20.7. The van der Waals surface area contributed by atoms with Gasteiger partial charge in [-0.3, -0.25) is 0 Å². The topological polar surface area (TPSA) is 44.8 Å². The van der Waals surface area contributed by atoms with E-state index in [0.717, 1.165) is 5.56 Å². The summed E-state index contributed by atoms with van der Waals surface area (Å²) >= 11 is 6.03. The molecule has 0 amide bonds. The monoisotopic (exact) mass is 404 g/mol. The molecule has 0 saturated heterocycles. The van der Waals surface area contributed by atoms with E-state index >= 15 is 0 Å². The van der Waals surface area contributed by atoms with Gasteiger partial charge in [0.1, 0.15) is 17.2 Å². The third kappa shape index (κ3) is 6.88. The fraction of sp³-hybridized carbons (Fsp3) is 0.318. The van der Waals surface area contributed by atoms with Gasteiger partial charge in [-0.15, -0.1) is 0 Å². The minimum Gasteiger partial charge on any atom is -0.481 e. The van der Waals surface area contributed by atoms with Crippen molar-refractivity contribution in [2.24, 2.45) is 0 Å². The van der Waals surface area contributed by atoms with Crippen LogP contribution in [0.4, 0.5) is 4.39 Å². The predicted molar refractivity (Wildman–Crippen MR) is 106 cm³/mol. The molecule has 0 saturated carbocycles. The van der Waals surface area contributed by atoms with Crippen LogP contribution in [0.2, 0.25) is 5.02 Å². The van der Waals surface area contributed by atoms with Gasteiger partial charge in [0.05, 0.1) is 17.7 Å². The molecule has 2 rings (SSSR count). The van der Waals surface area contributed by atoms with E-state index in [2.05, 4.69) is 11.8 Å². The molecule has 0 aliphatic heterocycles. The van der Waals surface area contributed by atoms with E-state index in [1.807, 2.05) is 0 Å². The lowest BCUT2D eigenvalue weighted by molar-refractivity contribution is -0.157. The van der Waals surface area contributed by atoms with Gasteiger partial charge >= 0.3 is 5.97 Å². The van der Waals surface area contributed by atoms with Crippen molar-refractivity contribution < 1.29 is 23.4 Å². The molecular weight excluding hydrogens is 383 g/mol. The molecule has 0 aromatic heterocycles. The van der Waals surface area contributed by atoms with Crippen molar-refractivity contribution in [3.05, 3.63) is 63.9 Å². The number of hydrogen-bond donors (Lipinski definition) is 0. The Morgan fingerprint density at radius 2 is 1.82 bits per heavy atom. The fourth-order valence-corrected chi connectivity index (χ4v) is 2.46. The number of benzene rings is 2. The molecule has 0 fully saturated rings. The first-order valence-corrected chi connectivity index (χ1v) is 8.99. The molecular formula is C22H22ClFO4. The largest absolute Gasteiger partial charge is 0.481 e. The van der Waals surface area contributed by atoms with E-state index < -0.39 is 17.4 Å². The van der Waals surface area contributed by atoms with Crippen molar-refractivity contribution in [1.29, 1.82) is 0 Å². The molecule has 148 valence electrons. The van der Waals surface area contributed by atoms with E-state index in [9.17, 15) is 9.18 Å². The van der Waals surface area contributed by atoms with Gasteiger partial charge in [-0.05, 0) is 56.7 Å². The summed E-state index contributed by atoms with van der Waals surface area (Å²) in [4.78, 5) is 11.9. The maximum atomic E-state index is 14.2. The van der Waals surface area contributed by atoms with E-state index in [-0.39, 0.29) is 12.2 Å². The lowest BCUT2D eigenvalue weighted by Gasteiger charge is -2.19. The van der Waals surface area contributed by atoms with Crippen LogP contribution < -0.4 is 4.74 Å². The van der Waals surface area contributed by atoms with Crippen LogP contribution in [0.15, 0.2) is 36.4 Å². The molecule has 0 bridgehead atoms. The van der Waals surface area contributed by atoms with Crippen LogP contribution in [0.25, 0.3) is 0 Å². The van der Waals surface area contributed by atoms with Gasteiger partial charge in [0.2, 0.25) is 0 Å². The van der Waals surface area contributed by atoms with Crippen LogP contribution in [0.5, 0.6) is 5.75 Å². The van der Waals surface area contributed by atoms with Gasteiger partial charge in [-0.25, -0.2) is 9.18 Å². The van der Waals surface area contributed by atoms with Crippen LogP contribution in [0.3, 0.4) is 0 Å². The van der Waals surface area contributed by atoms with Gasteiger partial charge in [0, 0.05) is 12.1 Å². The highest BCUT2D eigenvalue weighted by Crippen LogP contribution is 2.23. The maximum Gasteiger partial charge on any atom is 0.344 e. The molecule has 0 aliphatic carbocycles. The first-order chi connectivity index (χ1) is 13.2. The zero-order valence-electron chi connectivity index (χ0n) is 16.3. The Kier molecular flexibility index (Phi) is 7.45. The highest BCUT2D eigenvalue weighted by molar-refractivity contribution is 6.30. The SMILES string of the molecule is COCc1ccc(C#Cc2cc(Cl)ccc2OCC(=O)OC(C)(C)C)c(F)c1. The summed E-state index contributed by atoms with van der Waals surface area (Å²) in [6.07, 6.45) is 0. The second kappa shape index (κ2) is 9.59. The minimum absolute atomic E-state index is 0.234. The van der Waals surface area contributed by atoms with Gasteiger partial charge < -0.3 is 14.2 Å². The van der Waals surface area contributed by atoms with E-state index in [4.69, 9.17) is 25.8 Å². The summed E-state index contributed by atoms with van der Waals surface area (Å²) in [6.45, 7) is 5.37. The zero-order valence-corrected chi connectivity index (χ0v) is 17.0. The highest BCUT2D eigenvalue weighted by atomic mass is 35.5. The second-order valence-corrected chi connectivity index (χ2v) is 7.45. The van der Waals surface area contributed by atoms with Gasteiger partial charge in [0.25, 0.3) is 0 Å². The first-order valence-electron chi connectivity index (χ1n) is 8.61. The number of methoxy groups -OCH3 is 1. The molecule has 6 heteroatoms. The van der Waals surface area contributed by atoms with Crippen LogP contribution in [0.1, 0.15) is 37.5 Å². The van der Waals surface area contributed by atoms with Gasteiger partial charge in [0.15, 0.2) is 6.61 Å². The van der Waals surface area contributed by atoms with E-state index in [1.165, 1.54) is 6.07 Å². The quantitative estimate of drug-likeness (QED) is 0.533. The Balaban J connectivity index is 2.20. The van der Waals surface area contributed by atoms with Gasteiger partial charge in [-0.2, -0.15) is 0 Å². The Bertz CT molecular complexity index is 907.